The highest BCUT2D eigenvalue weighted by atomic mass is 19.2. The predicted octanol–water partition coefficient (Wildman–Crippen LogP) is 2.72. The first-order valence-corrected chi connectivity index (χ1v) is 4.56. The van der Waals surface area contributed by atoms with Crippen molar-refractivity contribution >= 4 is 17.2 Å². The third-order valence-corrected chi connectivity index (χ3v) is 2.73. The molecule has 5 heteroatoms. The molecule has 0 atom stereocenters. The Morgan fingerprint density at radius 2 is 1.88 bits per heavy atom. The maximum Gasteiger partial charge on any atom is 0.196 e. The fourth-order valence-electron chi connectivity index (χ4n) is 1.88. The van der Waals surface area contributed by atoms with Crippen LogP contribution in [0.15, 0.2) is 6.07 Å². The number of fused-ring (bicyclic) bond motifs is 1. The third kappa shape index (κ3) is 1.17. The Labute approximate surface area is 89.3 Å². The molecule has 0 spiro atoms. The number of carbonyl (C=O) groups excluding carboxylic acids is 1. The molecule has 0 fully saturated rings. The molecule has 1 aromatic carbocycles. The van der Waals surface area contributed by atoms with Gasteiger partial charge in [0.25, 0.3) is 0 Å². The zero-order chi connectivity index (χ0) is 12.0. The van der Waals surface area contributed by atoms with E-state index in [1.54, 1.807) is 6.92 Å². The van der Waals surface area contributed by atoms with Crippen molar-refractivity contribution in [1.29, 1.82) is 0 Å². The molecule has 0 unspecified atom stereocenters. The van der Waals surface area contributed by atoms with E-state index >= 15 is 0 Å². The molecule has 1 aromatic heterocycles. The molecule has 84 valence electrons. The lowest BCUT2D eigenvalue weighted by atomic mass is 10.1. The first-order chi connectivity index (χ1) is 7.49. The van der Waals surface area contributed by atoms with Gasteiger partial charge in [-0.15, -0.1) is 0 Å². The molecule has 0 amide bonds. The van der Waals surface area contributed by atoms with Crippen molar-refractivity contribution in [2.45, 2.75) is 6.92 Å². The van der Waals surface area contributed by atoms with Gasteiger partial charge in [0.2, 0.25) is 0 Å². The first-order valence-electron chi connectivity index (χ1n) is 4.56. The summed E-state index contributed by atoms with van der Waals surface area (Å²) in [5.74, 6) is -4.05. The normalized spacial score (nSPS) is 11.1. The van der Waals surface area contributed by atoms with Gasteiger partial charge in [0, 0.05) is 12.4 Å². The number of benzene rings is 1. The van der Waals surface area contributed by atoms with Crippen molar-refractivity contribution in [2.75, 3.05) is 0 Å². The molecule has 0 aliphatic carbocycles. The van der Waals surface area contributed by atoms with Gasteiger partial charge in [0.15, 0.2) is 23.7 Å². The van der Waals surface area contributed by atoms with Crippen LogP contribution in [0.2, 0.25) is 0 Å². The van der Waals surface area contributed by atoms with Crippen LogP contribution >= 0.6 is 0 Å². The fraction of sp³-hybridized carbons (Fsp3) is 0.182. The SMILES string of the molecule is Cc1c(C=O)n(C)c2c(F)c(F)c(F)cc12. The summed E-state index contributed by atoms with van der Waals surface area (Å²) < 4.78 is 40.8. The predicted molar refractivity (Wildman–Crippen MR) is 52.9 cm³/mol. The number of nitrogens with zero attached hydrogens (tertiary/aromatic N) is 1. The first kappa shape index (κ1) is 10.7. The Morgan fingerprint density at radius 1 is 1.25 bits per heavy atom. The summed E-state index contributed by atoms with van der Waals surface area (Å²) in [7, 11) is 1.43. The number of aryl methyl sites for hydroxylation is 2. The largest absolute Gasteiger partial charge is 0.339 e. The standard InChI is InChI=1S/C11H8F3NO/c1-5-6-3-7(12)9(13)10(14)11(6)15(2)8(5)4-16/h3-4H,1-2H3. The second-order valence-electron chi connectivity index (χ2n) is 3.57. The second-order valence-corrected chi connectivity index (χ2v) is 3.57. The molecular formula is C11H8F3NO. The van der Waals surface area contributed by atoms with Crippen LogP contribution in [0.1, 0.15) is 16.1 Å². The van der Waals surface area contributed by atoms with Gasteiger partial charge in [0.05, 0.1) is 11.2 Å². The average molecular weight is 227 g/mol. The lowest BCUT2D eigenvalue weighted by Crippen LogP contribution is -1.98. The Balaban J connectivity index is 3.05. The minimum atomic E-state index is -1.52. The summed E-state index contributed by atoms with van der Waals surface area (Å²) in [6.07, 6.45) is 0.532. The number of aromatic nitrogens is 1. The van der Waals surface area contributed by atoms with Gasteiger partial charge in [-0.1, -0.05) is 0 Å². The molecule has 0 saturated carbocycles. The van der Waals surface area contributed by atoms with Gasteiger partial charge in [-0.25, -0.2) is 13.2 Å². The van der Waals surface area contributed by atoms with Gasteiger partial charge in [-0.3, -0.25) is 4.79 Å². The maximum absolute atomic E-state index is 13.5. The number of hydrogen-bond donors (Lipinski definition) is 0. The molecule has 0 saturated heterocycles. The van der Waals surface area contributed by atoms with Crippen molar-refractivity contribution in [2.24, 2.45) is 7.05 Å². The molecule has 2 aromatic rings. The highest BCUT2D eigenvalue weighted by molar-refractivity contribution is 5.93. The molecule has 16 heavy (non-hydrogen) atoms. The molecule has 2 rings (SSSR count). The zero-order valence-corrected chi connectivity index (χ0v) is 8.64. The van der Waals surface area contributed by atoms with E-state index in [1.165, 1.54) is 11.6 Å². The summed E-state index contributed by atoms with van der Waals surface area (Å²) in [6, 6.07) is 0.899. The molecule has 1 heterocycles. The lowest BCUT2D eigenvalue weighted by Gasteiger charge is -2.01. The number of carbonyl (C=O) groups is 1. The van der Waals surface area contributed by atoms with E-state index < -0.39 is 17.5 Å². The molecule has 0 aliphatic rings. The zero-order valence-electron chi connectivity index (χ0n) is 8.64. The number of rotatable bonds is 1. The van der Waals surface area contributed by atoms with E-state index in [-0.39, 0.29) is 16.6 Å². The van der Waals surface area contributed by atoms with E-state index in [2.05, 4.69) is 0 Å². The minimum absolute atomic E-state index is 0.0986. The van der Waals surface area contributed by atoms with Gasteiger partial charge < -0.3 is 4.57 Å². The molecule has 0 bridgehead atoms. The topological polar surface area (TPSA) is 22.0 Å². The lowest BCUT2D eigenvalue weighted by molar-refractivity contribution is 0.111. The molecular weight excluding hydrogens is 219 g/mol. The van der Waals surface area contributed by atoms with Crippen LogP contribution in [0.3, 0.4) is 0 Å². The van der Waals surface area contributed by atoms with Gasteiger partial charge in [-0.05, 0) is 18.6 Å². The van der Waals surface area contributed by atoms with Crippen LogP contribution in [0.4, 0.5) is 13.2 Å². The quantitative estimate of drug-likeness (QED) is 0.542. The second kappa shape index (κ2) is 3.37. The molecule has 0 radical (unpaired) electrons. The molecule has 0 N–H and O–H groups in total. The number of aldehydes is 1. The van der Waals surface area contributed by atoms with Crippen molar-refractivity contribution in [1.82, 2.24) is 4.57 Å². The third-order valence-electron chi connectivity index (χ3n) is 2.73. The van der Waals surface area contributed by atoms with Gasteiger partial charge in [0.1, 0.15) is 0 Å². The van der Waals surface area contributed by atoms with E-state index in [9.17, 15) is 18.0 Å². The van der Waals surface area contributed by atoms with Crippen molar-refractivity contribution < 1.29 is 18.0 Å². The van der Waals surface area contributed by atoms with Crippen molar-refractivity contribution in [3.63, 3.8) is 0 Å². The van der Waals surface area contributed by atoms with Gasteiger partial charge >= 0.3 is 0 Å². The highest BCUT2D eigenvalue weighted by Crippen LogP contribution is 2.28. The Morgan fingerprint density at radius 3 is 2.44 bits per heavy atom. The Bertz CT molecular complexity index is 601. The van der Waals surface area contributed by atoms with E-state index in [0.717, 1.165) is 6.07 Å². The van der Waals surface area contributed by atoms with E-state index in [0.29, 0.717) is 11.8 Å². The van der Waals surface area contributed by atoms with E-state index in [4.69, 9.17) is 0 Å². The van der Waals surface area contributed by atoms with Crippen molar-refractivity contribution in [3.8, 4) is 0 Å². The van der Waals surface area contributed by atoms with Crippen LogP contribution in [-0.2, 0) is 7.05 Å². The minimum Gasteiger partial charge on any atom is -0.339 e. The summed E-state index contributed by atoms with van der Waals surface area (Å²) in [6.45, 7) is 1.56. The summed E-state index contributed by atoms with van der Waals surface area (Å²) >= 11 is 0. The Hall–Kier alpha value is -1.78. The van der Waals surface area contributed by atoms with Gasteiger partial charge in [-0.2, -0.15) is 0 Å². The molecule has 2 nitrogen and oxygen atoms in total. The van der Waals surface area contributed by atoms with Crippen LogP contribution < -0.4 is 0 Å². The van der Waals surface area contributed by atoms with Crippen LogP contribution in [-0.4, -0.2) is 10.9 Å². The summed E-state index contributed by atoms with van der Waals surface area (Å²) in [4.78, 5) is 10.8. The average Bonchev–Trinajstić information content (AvgIpc) is 2.48. The van der Waals surface area contributed by atoms with Crippen molar-refractivity contribution in [3.05, 3.63) is 34.8 Å². The monoisotopic (exact) mass is 227 g/mol. The number of hydrogen-bond acceptors (Lipinski definition) is 1. The van der Waals surface area contributed by atoms with Crippen LogP contribution in [0.5, 0.6) is 0 Å². The highest BCUT2D eigenvalue weighted by Gasteiger charge is 2.20. The van der Waals surface area contributed by atoms with Crippen LogP contribution in [0.25, 0.3) is 10.9 Å². The molecule has 0 aliphatic heterocycles. The summed E-state index contributed by atoms with van der Waals surface area (Å²) in [5, 5.41) is 0.209. The van der Waals surface area contributed by atoms with Crippen LogP contribution in [0, 0.1) is 24.4 Å². The number of halogens is 3. The van der Waals surface area contributed by atoms with E-state index in [1.807, 2.05) is 0 Å². The summed E-state index contributed by atoms with van der Waals surface area (Å²) in [5.41, 5.74) is 0.544. The smallest absolute Gasteiger partial charge is 0.196 e. The Kier molecular flexibility index (Phi) is 2.26. The fourth-order valence-corrected chi connectivity index (χ4v) is 1.88. The maximum atomic E-state index is 13.5.